The molecule has 1 heterocycles. The number of thioether (sulfide) groups is 1. The number of aromatic nitrogens is 2. The van der Waals surface area contributed by atoms with Crippen LogP contribution in [0.15, 0.2) is 65.5 Å². The second kappa shape index (κ2) is 9.37. The van der Waals surface area contributed by atoms with E-state index in [2.05, 4.69) is 27.4 Å². The van der Waals surface area contributed by atoms with Crippen molar-refractivity contribution in [1.82, 2.24) is 9.97 Å². The first-order valence-corrected chi connectivity index (χ1v) is 10.3. The van der Waals surface area contributed by atoms with Gasteiger partial charge < -0.3 is 10.3 Å². The van der Waals surface area contributed by atoms with Crippen molar-refractivity contribution in [3.63, 3.8) is 0 Å². The van der Waals surface area contributed by atoms with Gasteiger partial charge in [-0.25, -0.2) is 4.98 Å². The van der Waals surface area contributed by atoms with Gasteiger partial charge in [0.1, 0.15) is 5.82 Å². The van der Waals surface area contributed by atoms with Crippen LogP contribution >= 0.6 is 11.8 Å². The van der Waals surface area contributed by atoms with E-state index in [1.165, 1.54) is 11.6 Å². The van der Waals surface area contributed by atoms with E-state index in [1.807, 2.05) is 56.3 Å². The molecule has 3 rings (SSSR count). The van der Waals surface area contributed by atoms with Crippen molar-refractivity contribution in [3.8, 4) is 11.4 Å². The standard InChI is InChI=1S/C22H23N3O2S/c1-3-18-13-20(26)25-21(23-18)17-10-7-11-19(12-17)24-22(27)15(2)28-14-16-8-5-4-6-9-16/h4-13,15H,3,14H2,1-2H3,(H,24,27)(H,23,25,26). The number of benzene rings is 2. The number of aryl methyl sites for hydroxylation is 1. The molecule has 3 aromatic rings. The van der Waals surface area contributed by atoms with Gasteiger partial charge in [-0.05, 0) is 31.0 Å². The van der Waals surface area contributed by atoms with Crippen LogP contribution in [0.2, 0.25) is 0 Å². The molecule has 2 N–H and O–H groups in total. The molecule has 0 saturated heterocycles. The third kappa shape index (κ3) is 5.33. The van der Waals surface area contributed by atoms with Crippen LogP contribution < -0.4 is 10.9 Å². The van der Waals surface area contributed by atoms with Crippen LogP contribution in [0.5, 0.6) is 0 Å². The number of nitrogens with zero attached hydrogens (tertiary/aromatic N) is 1. The van der Waals surface area contributed by atoms with Crippen LogP contribution in [0, 0.1) is 0 Å². The van der Waals surface area contributed by atoms with Crippen molar-refractivity contribution >= 4 is 23.4 Å². The Bertz CT molecular complexity index is 1000. The van der Waals surface area contributed by atoms with Crippen molar-refractivity contribution in [2.24, 2.45) is 0 Å². The van der Waals surface area contributed by atoms with Gasteiger partial charge in [0.2, 0.25) is 5.91 Å². The fourth-order valence-electron chi connectivity index (χ4n) is 2.69. The number of amides is 1. The number of carbonyl (C=O) groups is 1. The quantitative estimate of drug-likeness (QED) is 0.629. The molecule has 0 aliphatic carbocycles. The highest BCUT2D eigenvalue weighted by Crippen LogP contribution is 2.22. The van der Waals surface area contributed by atoms with E-state index in [9.17, 15) is 9.59 Å². The first-order valence-electron chi connectivity index (χ1n) is 9.22. The smallest absolute Gasteiger partial charge is 0.251 e. The monoisotopic (exact) mass is 393 g/mol. The Kier molecular flexibility index (Phi) is 6.66. The highest BCUT2D eigenvalue weighted by atomic mass is 32.2. The van der Waals surface area contributed by atoms with E-state index in [0.717, 1.165) is 17.0 Å². The second-order valence-corrected chi connectivity index (χ2v) is 7.78. The average molecular weight is 394 g/mol. The molecule has 0 fully saturated rings. The summed E-state index contributed by atoms with van der Waals surface area (Å²) in [6.07, 6.45) is 0.684. The van der Waals surface area contributed by atoms with Gasteiger partial charge in [0.25, 0.3) is 5.56 Å². The number of hydrogen-bond acceptors (Lipinski definition) is 4. The summed E-state index contributed by atoms with van der Waals surface area (Å²) < 4.78 is 0. The topological polar surface area (TPSA) is 74.8 Å². The molecule has 0 aliphatic rings. The molecule has 6 heteroatoms. The molecule has 0 spiro atoms. The Hall–Kier alpha value is -2.86. The zero-order valence-corrected chi connectivity index (χ0v) is 16.8. The van der Waals surface area contributed by atoms with Crippen molar-refractivity contribution in [1.29, 1.82) is 0 Å². The largest absolute Gasteiger partial charge is 0.325 e. The van der Waals surface area contributed by atoms with Gasteiger partial charge in [0.15, 0.2) is 0 Å². The molecule has 0 radical (unpaired) electrons. The number of hydrogen-bond donors (Lipinski definition) is 2. The van der Waals surface area contributed by atoms with Crippen LogP contribution in [0.25, 0.3) is 11.4 Å². The highest BCUT2D eigenvalue weighted by molar-refractivity contribution is 7.99. The fraction of sp³-hybridized carbons (Fsp3) is 0.227. The van der Waals surface area contributed by atoms with Gasteiger partial charge in [-0.2, -0.15) is 0 Å². The second-order valence-electron chi connectivity index (χ2n) is 6.45. The Labute approximate surface area is 168 Å². The van der Waals surface area contributed by atoms with Crippen LogP contribution in [0.3, 0.4) is 0 Å². The zero-order chi connectivity index (χ0) is 19.9. The minimum Gasteiger partial charge on any atom is -0.325 e. The van der Waals surface area contributed by atoms with Crippen molar-refractivity contribution in [2.45, 2.75) is 31.3 Å². The Morgan fingerprint density at radius 1 is 1.14 bits per heavy atom. The van der Waals surface area contributed by atoms with Crippen LogP contribution in [-0.2, 0) is 17.0 Å². The van der Waals surface area contributed by atoms with Crippen molar-refractivity contribution in [2.75, 3.05) is 5.32 Å². The third-order valence-electron chi connectivity index (χ3n) is 4.27. The van der Waals surface area contributed by atoms with Crippen LogP contribution in [0.4, 0.5) is 5.69 Å². The predicted octanol–water partition coefficient (Wildman–Crippen LogP) is 4.26. The normalized spacial score (nSPS) is 11.8. The number of carbonyl (C=O) groups excluding carboxylic acids is 1. The lowest BCUT2D eigenvalue weighted by atomic mass is 10.1. The molecule has 5 nitrogen and oxygen atoms in total. The van der Waals surface area contributed by atoms with E-state index in [1.54, 1.807) is 11.8 Å². The summed E-state index contributed by atoms with van der Waals surface area (Å²) in [6.45, 7) is 3.85. The fourth-order valence-corrected chi connectivity index (χ4v) is 3.53. The van der Waals surface area contributed by atoms with Gasteiger partial charge in [-0.3, -0.25) is 9.59 Å². The molecule has 2 aromatic carbocycles. The first kappa shape index (κ1) is 19.9. The molecule has 0 saturated carbocycles. The van der Waals surface area contributed by atoms with Gasteiger partial charge in [0.05, 0.1) is 5.25 Å². The van der Waals surface area contributed by atoms with E-state index >= 15 is 0 Å². The maximum absolute atomic E-state index is 12.5. The van der Waals surface area contributed by atoms with Gasteiger partial charge in [-0.15, -0.1) is 11.8 Å². The summed E-state index contributed by atoms with van der Waals surface area (Å²) in [7, 11) is 0. The SMILES string of the molecule is CCc1cc(=O)[nH]c(-c2cccc(NC(=O)C(C)SCc3ccccc3)c2)n1. The first-order chi connectivity index (χ1) is 13.5. The number of anilines is 1. The maximum Gasteiger partial charge on any atom is 0.251 e. The molecular weight excluding hydrogens is 370 g/mol. The lowest BCUT2D eigenvalue weighted by Crippen LogP contribution is -2.22. The lowest BCUT2D eigenvalue weighted by Gasteiger charge is -2.13. The molecular formula is C22H23N3O2S. The third-order valence-corrected chi connectivity index (χ3v) is 5.49. The molecule has 0 aliphatic heterocycles. The number of nitrogens with one attached hydrogen (secondary N) is 2. The minimum atomic E-state index is -0.190. The molecule has 144 valence electrons. The molecule has 1 atom stereocenters. The highest BCUT2D eigenvalue weighted by Gasteiger charge is 2.14. The number of aromatic amines is 1. The molecule has 1 amide bonds. The van der Waals surface area contributed by atoms with Gasteiger partial charge in [-0.1, -0.05) is 49.4 Å². The molecule has 1 aromatic heterocycles. The van der Waals surface area contributed by atoms with E-state index < -0.39 is 0 Å². The Balaban J connectivity index is 1.67. The predicted molar refractivity (Wildman–Crippen MR) is 116 cm³/mol. The maximum atomic E-state index is 12.5. The summed E-state index contributed by atoms with van der Waals surface area (Å²) in [4.78, 5) is 31.6. The summed E-state index contributed by atoms with van der Waals surface area (Å²) in [6, 6.07) is 18.9. The van der Waals surface area contributed by atoms with Crippen molar-refractivity contribution in [3.05, 3.63) is 82.3 Å². The average Bonchev–Trinajstić information content (AvgIpc) is 2.72. The van der Waals surface area contributed by atoms with E-state index in [4.69, 9.17) is 0 Å². The minimum absolute atomic E-state index is 0.0538. The molecule has 1 unspecified atom stereocenters. The van der Waals surface area contributed by atoms with Crippen LogP contribution in [0.1, 0.15) is 25.1 Å². The Morgan fingerprint density at radius 2 is 1.93 bits per heavy atom. The molecule has 0 bridgehead atoms. The van der Waals surface area contributed by atoms with E-state index in [0.29, 0.717) is 17.9 Å². The van der Waals surface area contributed by atoms with Crippen molar-refractivity contribution < 1.29 is 4.79 Å². The zero-order valence-electron chi connectivity index (χ0n) is 15.9. The van der Waals surface area contributed by atoms with Gasteiger partial charge >= 0.3 is 0 Å². The van der Waals surface area contributed by atoms with Gasteiger partial charge in [0, 0.05) is 28.8 Å². The van der Waals surface area contributed by atoms with Crippen LogP contribution in [-0.4, -0.2) is 21.1 Å². The summed E-state index contributed by atoms with van der Waals surface area (Å²) >= 11 is 1.59. The number of rotatable bonds is 7. The lowest BCUT2D eigenvalue weighted by molar-refractivity contribution is -0.115. The summed E-state index contributed by atoms with van der Waals surface area (Å²) in [5.74, 6) is 1.23. The number of H-pyrrole nitrogens is 1. The summed E-state index contributed by atoms with van der Waals surface area (Å²) in [5, 5.41) is 2.76. The molecule has 28 heavy (non-hydrogen) atoms. The van der Waals surface area contributed by atoms with E-state index in [-0.39, 0.29) is 16.7 Å². The Morgan fingerprint density at radius 3 is 2.68 bits per heavy atom. The summed E-state index contributed by atoms with van der Waals surface area (Å²) in [5.41, 5.74) is 3.19.